The van der Waals surface area contributed by atoms with Gasteiger partial charge in [-0.1, -0.05) is 30.3 Å². The number of rotatable bonds is 4. The Bertz CT molecular complexity index is 1240. The van der Waals surface area contributed by atoms with Gasteiger partial charge in [0.1, 0.15) is 11.8 Å². The van der Waals surface area contributed by atoms with Crippen molar-refractivity contribution in [3.63, 3.8) is 0 Å². The van der Waals surface area contributed by atoms with E-state index in [1.54, 1.807) is 11.1 Å². The number of thiophene rings is 2. The van der Waals surface area contributed by atoms with E-state index in [2.05, 4.69) is 4.98 Å². The molecule has 5 nitrogen and oxygen atoms in total. The number of aliphatic hydroxyl groups is 1. The van der Waals surface area contributed by atoms with E-state index in [0.29, 0.717) is 12.1 Å². The Labute approximate surface area is 174 Å². The number of aromatic nitrogens is 1. The molecular weight excluding hydrogens is 404 g/mol. The number of Topliss-reactive ketones (excluding diaryl/α,β-unsaturated/α-hetero) is 1. The lowest BCUT2D eigenvalue weighted by Gasteiger charge is -2.23. The molecule has 1 aliphatic heterocycles. The van der Waals surface area contributed by atoms with Crippen molar-refractivity contribution in [2.45, 2.75) is 12.6 Å². The number of amides is 1. The number of fused-ring (bicyclic) bond motifs is 1. The number of para-hydroxylation sites is 1. The van der Waals surface area contributed by atoms with Crippen LogP contribution < -0.4 is 0 Å². The van der Waals surface area contributed by atoms with Crippen LogP contribution in [0.25, 0.3) is 16.7 Å². The van der Waals surface area contributed by atoms with Crippen molar-refractivity contribution in [2.24, 2.45) is 0 Å². The number of hydrogen-bond donors (Lipinski definition) is 2. The zero-order chi connectivity index (χ0) is 20.0. The number of aliphatic hydroxyl groups excluding tert-OH is 1. The number of likely N-dealkylation sites (tertiary alicyclic amines) is 1. The second-order valence-electron chi connectivity index (χ2n) is 6.77. The third kappa shape index (κ3) is 2.90. The summed E-state index contributed by atoms with van der Waals surface area (Å²) in [5.74, 6) is -1.38. The Balaban J connectivity index is 1.68. The third-order valence-corrected chi connectivity index (χ3v) is 6.89. The van der Waals surface area contributed by atoms with Crippen molar-refractivity contribution in [3.05, 3.63) is 86.4 Å². The molecule has 0 bridgehead atoms. The lowest BCUT2D eigenvalue weighted by molar-refractivity contribution is -0.140. The van der Waals surface area contributed by atoms with Crippen LogP contribution in [0.1, 0.15) is 21.4 Å². The average Bonchev–Trinajstić information content (AvgIpc) is 3.52. The second kappa shape index (κ2) is 7.02. The molecule has 2 N–H and O–H groups in total. The van der Waals surface area contributed by atoms with Gasteiger partial charge in [0.05, 0.1) is 12.1 Å². The molecule has 1 saturated heterocycles. The summed E-state index contributed by atoms with van der Waals surface area (Å²) in [5, 5.41) is 15.8. The molecule has 1 amide bonds. The number of benzene rings is 1. The SMILES string of the molecule is O=C1C(=O)N(Cc2cccs2)C(c2cccs2)/C1=C(/O)c1c[nH]c2ccccc12. The maximum Gasteiger partial charge on any atom is 0.296 e. The van der Waals surface area contributed by atoms with Gasteiger partial charge in [-0.05, 0) is 29.0 Å². The van der Waals surface area contributed by atoms with Crippen LogP contribution in [0.15, 0.2) is 71.1 Å². The first-order valence-electron chi connectivity index (χ1n) is 9.06. The van der Waals surface area contributed by atoms with Gasteiger partial charge in [-0.25, -0.2) is 0 Å². The molecule has 1 aromatic carbocycles. The van der Waals surface area contributed by atoms with E-state index < -0.39 is 17.7 Å². The van der Waals surface area contributed by atoms with Gasteiger partial charge in [-0.2, -0.15) is 0 Å². The van der Waals surface area contributed by atoms with Crippen LogP contribution in [0, 0.1) is 0 Å². The number of carbonyl (C=O) groups is 2. The van der Waals surface area contributed by atoms with Crippen LogP contribution in [0.2, 0.25) is 0 Å². The first kappa shape index (κ1) is 17.9. The molecule has 3 aromatic heterocycles. The molecule has 0 aliphatic carbocycles. The van der Waals surface area contributed by atoms with E-state index >= 15 is 0 Å². The molecule has 0 radical (unpaired) electrons. The van der Waals surface area contributed by atoms with Gasteiger partial charge in [0.25, 0.3) is 11.7 Å². The first-order valence-corrected chi connectivity index (χ1v) is 10.8. The third-order valence-electron chi connectivity index (χ3n) is 5.10. The molecule has 4 aromatic rings. The standard InChI is InChI=1S/C22H16N2O3S2/c25-20(15-11-23-16-7-2-1-6-14(15)16)18-19(17-8-4-10-29-17)24(22(27)21(18)26)12-13-5-3-9-28-13/h1-11,19,23,25H,12H2/b20-18-. The molecule has 4 heterocycles. The maximum absolute atomic E-state index is 13.0. The molecule has 1 unspecified atom stereocenters. The second-order valence-corrected chi connectivity index (χ2v) is 8.78. The Kier molecular flexibility index (Phi) is 4.34. The monoisotopic (exact) mass is 420 g/mol. The first-order chi connectivity index (χ1) is 14.1. The normalized spacial score (nSPS) is 18.8. The lowest BCUT2D eigenvalue weighted by Crippen LogP contribution is -2.28. The highest BCUT2D eigenvalue weighted by atomic mass is 32.1. The smallest absolute Gasteiger partial charge is 0.296 e. The van der Waals surface area contributed by atoms with Crippen molar-refractivity contribution >= 4 is 51.0 Å². The molecule has 29 heavy (non-hydrogen) atoms. The Morgan fingerprint density at radius 2 is 1.83 bits per heavy atom. The molecular formula is C22H16N2O3S2. The molecule has 0 saturated carbocycles. The van der Waals surface area contributed by atoms with Gasteiger partial charge < -0.3 is 15.0 Å². The summed E-state index contributed by atoms with van der Waals surface area (Å²) in [7, 11) is 0. The van der Waals surface area contributed by atoms with Crippen LogP contribution in [0.3, 0.4) is 0 Å². The summed E-state index contributed by atoms with van der Waals surface area (Å²) >= 11 is 3.00. The number of aromatic amines is 1. The summed E-state index contributed by atoms with van der Waals surface area (Å²) in [4.78, 5) is 32.4. The highest BCUT2D eigenvalue weighted by Gasteiger charge is 2.46. The van der Waals surface area contributed by atoms with E-state index in [9.17, 15) is 14.7 Å². The molecule has 1 aliphatic rings. The number of nitrogens with one attached hydrogen (secondary N) is 1. The van der Waals surface area contributed by atoms with Gasteiger partial charge in [-0.15, -0.1) is 22.7 Å². The fourth-order valence-electron chi connectivity index (χ4n) is 3.77. The lowest BCUT2D eigenvalue weighted by atomic mass is 9.99. The maximum atomic E-state index is 13.0. The van der Waals surface area contributed by atoms with Gasteiger partial charge in [0.15, 0.2) is 0 Å². The van der Waals surface area contributed by atoms with Gasteiger partial charge in [-0.3, -0.25) is 9.59 Å². The Morgan fingerprint density at radius 1 is 1.03 bits per heavy atom. The number of nitrogens with zero attached hydrogens (tertiary/aromatic N) is 1. The zero-order valence-electron chi connectivity index (χ0n) is 15.2. The van der Waals surface area contributed by atoms with E-state index in [0.717, 1.165) is 20.7 Å². The number of carbonyl (C=O) groups excluding carboxylic acids is 2. The predicted molar refractivity (Wildman–Crippen MR) is 115 cm³/mol. The largest absolute Gasteiger partial charge is 0.507 e. The molecule has 144 valence electrons. The summed E-state index contributed by atoms with van der Waals surface area (Å²) < 4.78 is 0. The minimum atomic E-state index is -0.650. The fraction of sp³-hybridized carbons (Fsp3) is 0.0909. The Morgan fingerprint density at radius 3 is 2.59 bits per heavy atom. The molecule has 5 rings (SSSR count). The summed E-state index contributed by atoms with van der Waals surface area (Å²) in [5.41, 5.74) is 1.52. The van der Waals surface area contributed by atoms with E-state index in [4.69, 9.17) is 0 Å². The number of hydrogen-bond acceptors (Lipinski definition) is 5. The summed E-state index contributed by atoms with van der Waals surface area (Å²) in [6, 6.07) is 14.6. The number of ketones is 1. The fourth-order valence-corrected chi connectivity index (χ4v) is 5.32. The van der Waals surface area contributed by atoms with E-state index in [1.807, 2.05) is 59.3 Å². The van der Waals surface area contributed by atoms with Crippen LogP contribution in [0.4, 0.5) is 0 Å². The van der Waals surface area contributed by atoms with Crippen molar-refractivity contribution in [1.29, 1.82) is 0 Å². The molecule has 0 spiro atoms. The van der Waals surface area contributed by atoms with Crippen molar-refractivity contribution in [3.8, 4) is 0 Å². The van der Waals surface area contributed by atoms with Crippen LogP contribution in [0.5, 0.6) is 0 Å². The van der Waals surface area contributed by atoms with E-state index in [-0.39, 0.29) is 11.3 Å². The average molecular weight is 421 g/mol. The van der Waals surface area contributed by atoms with Crippen molar-refractivity contribution in [1.82, 2.24) is 9.88 Å². The van der Waals surface area contributed by atoms with E-state index in [1.165, 1.54) is 22.7 Å². The highest BCUT2D eigenvalue weighted by Crippen LogP contribution is 2.42. The van der Waals surface area contributed by atoms with Crippen molar-refractivity contribution in [2.75, 3.05) is 0 Å². The molecule has 7 heteroatoms. The zero-order valence-corrected chi connectivity index (χ0v) is 16.8. The van der Waals surface area contributed by atoms with Gasteiger partial charge in [0, 0.05) is 32.4 Å². The van der Waals surface area contributed by atoms with Gasteiger partial charge >= 0.3 is 0 Å². The summed E-state index contributed by atoms with van der Waals surface area (Å²) in [6.07, 6.45) is 1.68. The van der Waals surface area contributed by atoms with Crippen molar-refractivity contribution < 1.29 is 14.7 Å². The summed E-state index contributed by atoms with van der Waals surface area (Å²) in [6.45, 7) is 0.329. The molecule has 1 atom stereocenters. The predicted octanol–water partition coefficient (Wildman–Crippen LogP) is 4.91. The highest BCUT2D eigenvalue weighted by molar-refractivity contribution is 7.10. The van der Waals surface area contributed by atoms with Crippen LogP contribution >= 0.6 is 22.7 Å². The topological polar surface area (TPSA) is 73.4 Å². The minimum Gasteiger partial charge on any atom is -0.507 e. The van der Waals surface area contributed by atoms with Crippen LogP contribution in [-0.2, 0) is 16.1 Å². The quantitative estimate of drug-likeness (QED) is 0.280. The number of H-pyrrole nitrogens is 1. The molecule has 1 fully saturated rings. The van der Waals surface area contributed by atoms with Crippen LogP contribution in [-0.4, -0.2) is 26.7 Å². The minimum absolute atomic E-state index is 0.138. The van der Waals surface area contributed by atoms with Gasteiger partial charge in [0.2, 0.25) is 0 Å². The Hall–Kier alpha value is -3.16.